The molecule has 0 N–H and O–H groups in total. The number of aryl methyl sites for hydroxylation is 1. The van der Waals surface area contributed by atoms with Crippen molar-refractivity contribution in [3.8, 4) is 0 Å². The third-order valence-electron chi connectivity index (χ3n) is 4.36. The van der Waals surface area contributed by atoms with Gasteiger partial charge in [-0.15, -0.1) is 11.6 Å². The molecule has 0 bridgehead atoms. The highest BCUT2D eigenvalue weighted by molar-refractivity contribution is 6.31. The molecule has 2 heteroatoms. The number of benzene rings is 2. The van der Waals surface area contributed by atoms with Crippen LogP contribution in [-0.2, 0) is 5.41 Å². The fraction of sp³-hybridized carbons (Fsp3) is 0.368. The summed E-state index contributed by atoms with van der Waals surface area (Å²) in [4.78, 5) is 0. The van der Waals surface area contributed by atoms with Crippen molar-refractivity contribution in [3.05, 3.63) is 69.7 Å². The molecule has 21 heavy (non-hydrogen) atoms. The minimum Gasteiger partial charge on any atom is -0.113 e. The molecule has 2 aromatic carbocycles. The first-order chi connectivity index (χ1) is 9.85. The molecule has 0 aliphatic rings. The van der Waals surface area contributed by atoms with E-state index in [4.69, 9.17) is 23.2 Å². The number of hydrogen-bond acceptors (Lipinski definition) is 0. The predicted molar refractivity (Wildman–Crippen MR) is 93.6 cm³/mol. The highest BCUT2D eigenvalue weighted by Gasteiger charge is 2.19. The standard InChI is InChI=1S/C19H22Cl2/c1-5-19(3,4)16-10-8-14(9-11-16)18(21)15-7-6-13(2)17(20)12-15/h6-12,18H,5H2,1-4H3. The van der Waals surface area contributed by atoms with Gasteiger partial charge >= 0.3 is 0 Å². The van der Waals surface area contributed by atoms with Crippen LogP contribution in [0.3, 0.4) is 0 Å². The van der Waals surface area contributed by atoms with Gasteiger partial charge in [-0.3, -0.25) is 0 Å². The lowest BCUT2D eigenvalue weighted by molar-refractivity contribution is 0.506. The van der Waals surface area contributed by atoms with Crippen LogP contribution < -0.4 is 0 Å². The molecule has 2 aromatic rings. The van der Waals surface area contributed by atoms with Gasteiger partial charge in [0.05, 0.1) is 5.38 Å². The van der Waals surface area contributed by atoms with Crippen molar-refractivity contribution in [2.24, 2.45) is 0 Å². The van der Waals surface area contributed by atoms with E-state index in [0.29, 0.717) is 0 Å². The summed E-state index contributed by atoms with van der Waals surface area (Å²) in [5.41, 5.74) is 4.76. The van der Waals surface area contributed by atoms with Crippen molar-refractivity contribution in [2.75, 3.05) is 0 Å². The third-order valence-corrected chi connectivity index (χ3v) is 5.27. The van der Waals surface area contributed by atoms with Crippen LogP contribution in [0.5, 0.6) is 0 Å². The van der Waals surface area contributed by atoms with Gasteiger partial charge in [0.1, 0.15) is 0 Å². The Labute approximate surface area is 138 Å². The summed E-state index contributed by atoms with van der Waals surface area (Å²) in [7, 11) is 0. The second-order valence-electron chi connectivity index (χ2n) is 6.23. The highest BCUT2D eigenvalue weighted by Crippen LogP contribution is 2.33. The quantitative estimate of drug-likeness (QED) is 0.552. The van der Waals surface area contributed by atoms with Crippen molar-refractivity contribution in [2.45, 2.75) is 44.9 Å². The molecule has 0 aliphatic carbocycles. The van der Waals surface area contributed by atoms with E-state index in [9.17, 15) is 0 Å². The smallest absolute Gasteiger partial charge is 0.0835 e. The molecule has 2 rings (SSSR count). The van der Waals surface area contributed by atoms with Crippen LogP contribution in [0.15, 0.2) is 42.5 Å². The summed E-state index contributed by atoms with van der Waals surface area (Å²) in [6.45, 7) is 8.74. The van der Waals surface area contributed by atoms with Gasteiger partial charge in [-0.05, 0) is 47.1 Å². The maximum atomic E-state index is 6.60. The lowest BCUT2D eigenvalue weighted by Crippen LogP contribution is -2.15. The molecule has 0 spiro atoms. The minimum absolute atomic E-state index is 0.165. The zero-order valence-corrected chi connectivity index (χ0v) is 14.6. The molecular weight excluding hydrogens is 299 g/mol. The Kier molecular flexibility index (Phi) is 5.01. The van der Waals surface area contributed by atoms with Crippen molar-refractivity contribution in [1.29, 1.82) is 0 Å². The maximum Gasteiger partial charge on any atom is 0.0835 e. The molecule has 0 saturated carbocycles. The second kappa shape index (κ2) is 6.42. The molecule has 0 nitrogen and oxygen atoms in total. The molecule has 1 atom stereocenters. The topological polar surface area (TPSA) is 0 Å². The molecule has 0 aliphatic heterocycles. The predicted octanol–water partition coefficient (Wildman–Crippen LogP) is 6.66. The van der Waals surface area contributed by atoms with E-state index in [0.717, 1.165) is 28.1 Å². The first-order valence-corrected chi connectivity index (χ1v) is 8.17. The monoisotopic (exact) mass is 320 g/mol. The van der Waals surface area contributed by atoms with E-state index in [2.05, 4.69) is 45.0 Å². The Bertz CT molecular complexity index is 612. The average molecular weight is 321 g/mol. The zero-order chi connectivity index (χ0) is 15.6. The number of rotatable bonds is 4. The normalized spacial score (nSPS) is 13.2. The second-order valence-corrected chi connectivity index (χ2v) is 7.07. The summed E-state index contributed by atoms with van der Waals surface area (Å²) in [6, 6.07) is 14.6. The Morgan fingerprint density at radius 1 is 1.00 bits per heavy atom. The van der Waals surface area contributed by atoms with E-state index >= 15 is 0 Å². The van der Waals surface area contributed by atoms with Crippen molar-refractivity contribution in [1.82, 2.24) is 0 Å². The highest BCUT2D eigenvalue weighted by atomic mass is 35.5. The van der Waals surface area contributed by atoms with Crippen LogP contribution in [0.1, 0.15) is 54.8 Å². The van der Waals surface area contributed by atoms with Crippen LogP contribution in [0.25, 0.3) is 0 Å². The van der Waals surface area contributed by atoms with Crippen LogP contribution in [0.4, 0.5) is 0 Å². The van der Waals surface area contributed by atoms with Crippen LogP contribution in [-0.4, -0.2) is 0 Å². The van der Waals surface area contributed by atoms with Crippen molar-refractivity contribution < 1.29 is 0 Å². The van der Waals surface area contributed by atoms with Gasteiger partial charge < -0.3 is 0 Å². The molecule has 1 unspecified atom stereocenters. The fourth-order valence-corrected chi connectivity index (χ4v) is 2.74. The number of halogens is 2. The maximum absolute atomic E-state index is 6.60. The van der Waals surface area contributed by atoms with Crippen LogP contribution in [0, 0.1) is 6.92 Å². The van der Waals surface area contributed by atoms with Gasteiger partial charge in [-0.25, -0.2) is 0 Å². The van der Waals surface area contributed by atoms with Gasteiger partial charge in [0, 0.05) is 5.02 Å². The summed E-state index contributed by atoms with van der Waals surface area (Å²) < 4.78 is 0. The Hall–Kier alpha value is -0.980. The minimum atomic E-state index is -0.165. The van der Waals surface area contributed by atoms with Gasteiger partial charge in [-0.1, -0.05) is 68.8 Å². The van der Waals surface area contributed by atoms with E-state index in [1.807, 2.05) is 25.1 Å². The van der Waals surface area contributed by atoms with Crippen LogP contribution in [0.2, 0.25) is 5.02 Å². The number of alkyl halides is 1. The van der Waals surface area contributed by atoms with Gasteiger partial charge in [0.15, 0.2) is 0 Å². The SMILES string of the molecule is CCC(C)(C)c1ccc(C(Cl)c2ccc(C)c(Cl)c2)cc1. The summed E-state index contributed by atoms with van der Waals surface area (Å²) in [5.74, 6) is 0. The lowest BCUT2D eigenvalue weighted by Gasteiger charge is -2.24. The van der Waals surface area contributed by atoms with E-state index in [-0.39, 0.29) is 10.8 Å². The molecule has 112 valence electrons. The summed E-state index contributed by atoms with van der Waals surface area (Å²) in [5, 5.41) is 0.601. The van der Waals surface area contributed by atoms with Gasteiger partial charge in [-0.2, -0.15) is 0 Å². The molecule has 0 heterocycles. The first kappa shape index (κ1) is 16.4. The Morgan fingerprint density at radius 2 is 1.57 bits per heavy atom. The zero-order valence-electron chi connectivity index (χ0n) is 13.1. The molecule has 0 saturated heterocycles. The van der Waals surface area contributed by atoms with Gasteiger partial charge in [0.2, 0.25) is 0 Å². The lowest BCUT2D eigenvalue weighted by atomic mass is 9.82. The first-order valence-electron chi connectivity index (χ1n) is 7.35. The fourth-order valence-electron chi connectivity index (χ4n) is 2.27. The van der Waals surface area contributed by atoms with E-state index in [1.54, 1.807) is 0 Å². The average Bonchev–Trinajstić information content (AvgIpc) is 2.49. The summed E-state index contributed by atoms with van der Waals surface area (Å²) in [6.07, 6.45) is 1.12. The Balaban J connectivity index is 2.27. The van der Waals surface area contributed by atoms with Crippen LogP contribution >= 0.6 is 23.2 Å². The summed E-state index contributed by atoms with van der Waals surface area (Å²) >= 11 is 12.8. The Morgan fingerprint density at radius 3 is 2.10 bits per heavy atom. The molecule has 0 aromatic heterocycles. The third kappa shape index (κ3) is 3.62. The van der Waals surface area contributed by atoms with E-state index < -0.39 is 0 Å². The molecular formula is C19H22Cl2. The number of hydrogen-bond donors (Lipinski definition) is 0. The van der Waals surface area contributed by atoms with E-state index in [1.165, 1.54) is 5.56 Å². The molecule has 0 amide bonds. The molecule has 0 radical (unpaired) electrons. The largest absolute Gasteiger partial charge is 0.113 e. The van der Waals surface area contributed by atoms with Gasteiger partial charge in [0.25, 0.3) is 0 Å². The molecule has 0 fully saturated rings. The van der Waals surface area contributed by atoms with Crippen molar-refractivity contribution >= 4 is 23.2 Å². The van der Waals surface area contributed by atoms with Crippen molar-refractivity contribution in [3.63, 3.8) is 0 Å².